The van der Waals surface area contributed by atoms with Crippen LogP contribution in [0, 0.1) is 13.8 Å². The van der Waals surface area contributed by atoms with Gasteiger partial charge in [-0.1, -0.05) is 48.0 Å². The van der Waals surface area contributed by atoms with Gasteiger partial charge in [0.25, 0.3) is 0 Å². The van der Waals surface area contributed by atoms with Gasteiger partial charge in [-0.3, -0.25) is 4.68 Å². The summed E-state index contributed by atoms with van der Waals surface area (Å²) in [6, 6.07) is 16.6. The van der Waals surface area contributed by atoms with Gasteiger partial charge in [-0.2, -0.15) is 5.10 Å². The quantitative estimate of drug-likeness (QED) is 0.791. The summed E-state index contributed by atoms with van der Waals surface area (Å²) in [5, 5.41) is 4.67. The molecule has 3 nitrogen and oxygen atoms in total. The van der Waals surface area contributed by atoms with E-state index in [4.69, 9.17) is 5.73 Å². The van der Waals surface area contributed by atoms with Crippen LogP contribution in [0.1, 0.15) is 16.7 Å². The van der Waals surface area contributed by atoms with Crippen molar-refractivity contribution >= 4 is 5.69 Å². The molecule has 0 atom stereocenters. The van der Waals surface area contributed by atoms with Crippen LogP contribution in [0.2, 0.25) is 0 Å². The van der Waals surface area contributed by atoms with E-state index in [2.05, 4.69) is 49.3 Å². The lowest BCUT2D eigenvalue weighted by molar-refractivity contribution is 0.689. The van der Waals surface area contributed by atoms with Crippen molar-refractivity contribution in [3.05, 3.63) is 71.4 Å². The van der Waals surface area contributed by atoms with Crippen molar-refractivity contribution < 1.29 is 0 Å². The maximum absolute atomic E-state index is 6.16. The lowest BCUT2D eigenvalue weighted by Gasteiger charge is -2.05. The van der Waals surface area contributed by atoms with E-state index in [1.807, 2.05) is 29.1 Å². The molecule has 0 bridgehead atoms. The first-order valence-electron chi connectivity index (χ1n) is 7.08. The molecule has 21 heavy (non-hydrogen) atoms. The average molecular weight is 277 g/mol. The fraction of sp³-hybridized carbons (Fsp3) is 0.167. The molecule has 2 aromatic carbocycles. The maximum atomic E-state index is 6.16. The largest absolute Gasteiger partial charge is 0.396 e. The second kappa shape index (κ2) is 5.44. The number of aryl methyl sites for hydroxylation is 2. The third-order valence-electron chi connectivity index (χ3n) is 3.63. The van der Waals surface area contributed by atoms with Crippen LogP contribution in [-0.2, 0) is 6.54 Å². The molecule has 2 N–H and O–H groups in total. The average Bonchev–Trinajstić information content (AvgIpc) is 2.83. The van der Waals surface area contributed by atoms with Gasteiger partial charge < -0.3 is 5.73 Å². The zero-order valence-electron chi connectivity index (χ0n) is 12.4. The Balaban J connectivity index is 1.96. The minimum Gasteiger partial charge on any atom is -0.396 e. The number of aromatic nitrogens is 2. The summed E-state index contributed by atoms with van der Waals surface area (Å²) in [4.78, 5) is 0. The molecule has 0 aliphatic carbocycles. The fourth-order valence-corrected chi connectivity index (χ4v) is 2.49. The highest BCUT2D eigenvalue weighted by Crippen LogP contribution is 2.28. The number of nitrogens with zero attached hydrogens (tertiary/aromatic N) is 2. The lowest BCUT2D eigenvalue weighted by Crippen LogP contribution is -2.00. The first-order valence-corrected chi connectivity index (χ1v) is 7.08. The Kier molecular flexibility index (Phi) is 3.48. The Labute approximate surface area is 125 Å². The van der Waals surface area contributed by atoms with E-state index < -0.39 is 0 Å². The van der Waals surface area contributed by atoms with Crippen molar-refractivity contribution in [2.45, 2.75) is 20.4 Å². The van der Waals surface area contributed by atoms with Crippen LogP contribution >= 0.6 is 0 Å². The molecule has 0 fully saturated rings. The summed E-state index contributed by atoms with van der Waals surface area (Å²) in [5.74, 6) is 0. The first-order chi connectivity index (χ1) is 10.1. The minimum absolute atomic E-state index is 0.722. The van der Waals surface area contributed by atoms with E-state index >= 15 is 0 Å². The molecule has 3 rings (SSSR count). The number of rotatable bonds is 3. The predicted molar refractivity (Wildman–Crippen MR) is 87.1 cm³/mol. The standard InChI is InChI=1S/C18H19N3/c1-13-8-9-14(2)16(10-13)18-17(19)12-21(20-18)11-15-6-4-3-5-7-15/h3-10,12H,11,19H2,1-2H3. The summed E-state index contributed by atoms with van der Waals surface area (Å²) < 4.78 is 1.90. The number of hydrogen-bond donors (Lipinski definition) is 1. The zero-order chi connectivity index (χ0) is 14.8. The van der Waals surface area contributed by atoms with Crippen LogP contribution < -0.4 is 5.73 Å². The monoisotopic (exact) mass is 277 g/mol. The van der Waals surface area contributed by atoms with Crippen molar-refractivity contribution in [3.63, 3.8) is 0 Å². The van der Waals surface area contributed by atoms with Gasteiger partial charge in [-0.05, 0) is 31.0 Å². The molecule has 0 unspecified atom stereocenters. The third kappa shape index (κ3) is 2.82. The van der Waals surface area contributed by atoms with Crippen LogP contribution in [0.3, 0.4) is 0 Å². The van der Waals surface area contributed by atoms with Gasteiger partial charge in [-0.15, -0.1) is 0 Å². The minimum atomic E-state index is 0.722. The second-order valence-corrected chi connectivity index (χ2v) is 5.43. The highest BCUT2D eigenvalue weighted by Gasteiger charge is 2.11. The summed E-state index contributed by atoms with van der Waals surface area (Å²) >= 11 is 0. The molecule has 0 aliphatic heterocycles. The normalized spacial score (nSPS) is 10.8. The van der Waals surface area contributed by atoms with E-state index in [1.54, 1.807) is 0 Å². The number of hydrogen-bond acceptors (Lipinski definition) is 2. The van der Waals surface area contributed by atoms with Gasteiger partial charge in [0.2, 0.25) is 0 Å². The van der Waals surface area contributed by atoms with E-state index in [0.717, 1.165) is 23.5 Å². The predicted octanol–water partition coefficient (Wildman–Crippen LogP) is 3.80. The Hall–Kier alpha value is -2.55. The maximum Gasteiger partial charge on any atom is 0.115 e. The van der Waals surface area contributed by atoms with E-state index in [9.17, 15) is 0 Å². The molecule has 0 spiro atoms. The summed E-state index contributed by atoms with van der Waals surface area (Å²) in [5.41, 5.74) is 12.5. The number of anilines is 1. The van der Waals surface area contributed by atoms with Crippen molar-refractivity contribution in [1.82, 2.24) is 9.78 Å². The van der Waals surface area contributed by atoms with Gasteiger partial charge >= 0.3 is 0 Å². The van der Waals surface area contributed by atoms with Crippen LogP contribution in [0.25, 0.3) is 11.3 Å². The number of nitrogen functional groups attached to an aromatic ring is 1. The molecule has 3 aromatic rings. The van der Waals surface area contributed by atoms with Crippen molar-refractivity contribution in [1.29, 1.82) is 0 Å². The van der Waals surface area contributed by atoms with Gasteiger partial charge in [0.05, 0.1) is 12.2 Å². The molecular formula is C18H19N3. The topological polar surface area (TPSA) is 43.8 Å². The van der Waals surface area contributed by atoms with Gasteiger partial charge in [0, 0.05) is 11.8 Å². The van der Waals surface area contributed by atoms with Crippen LogP contribution in [0.15, 0.2) is 54.7 Å². The summed E-state index contributed by atoms with van der Waals surface area (Å²) in [6.45, 7) is 4.90. The SMILES string of the molecule is Cc1ccc(C)c(-c2nn(Cc3ccccc3)cc2N)c1. The molecule has 0 radical (unpaired) electrons. The highest BCUT2D eigenvalue weighted by molar-refractivity contribution is 5.74. The Morgan fingerprint density at radius 1 is 1.05 bits per heavy atom. The first kappa shape index (κ1) is 13.4. The van der Waals surface area contributed by atoms with Gasteiger partial charge in [-0.25, -0.2) is 0 Å². The molecule has 3 heteroatoms. The highest BCUT2D eigenvalue weighted by atomic mass is 15.3. The van der Waals surface area contributed by atoms with Crippen LogP contribution in [0.4, 0.5) is 5.69 Å². The molecular weight excluding hydrogens is 258 g/mol. The molecule has 0 saturated heterocycles. The molecule has 106 valence electrons. The van der Waals surface area contributed by atoms with Gasteiger partial charge in [0.15, 0.2) is 0 Å². The Bertz CT molecular complexity index is 757. The summed E-state index contributed by atoms with van der Waals surface area (Å²) in [7, 11) is 0. The smallest absolute Gasteiger partial charge is 0.115 e. The number of nitrogens with two attached hydrogens (primary N) is 1. The van der Waals surface area contributed by atoms with Crippen molar-refractivity contribution in [2.24, 2.45) is 0 Å². The third-order valence-corrected chi connectivity index (χ3v) is 3.63. The second-order valence-electron chi connectivity index (χ2n) is 5.43. The van der Waals surface area contributed by atoms with Crippen molar-refractivity contribution in [3.8, 4) is 11.3 Å². The van der Waals surface area contributed by atoms with Crippen LogP contribution in [0.5, 0.6) is 0 Å². The molecule has 1 aromatic heterocycles. The van der Waals surface area contributed by atoms with Crippen molar-refractivity contribution in [2.75, 3.05) is 5.73 Å². The van der Waals surface area contributed by atoms with Crippen LogP contribution in [-0.4, -0.2) is 9.78 Å². The number of benzene rings is 2. The van der Waals surface area contributed by atoms with Gasteiger partial charge in [0.1, 0.15) is 5.69 Å². The molecule has 0 saturated carbocycles. The zero-order valence-corrected chi connectivity index (χ0v) is 12.4. The van der Waals surface area contributed by atoms with E-state index in [1.165, 1.54) is 16.7 Å². The molecule has 0 amide bonds. The van der Waals surface area contributed by atoms with E-state index in [-0.39, 0.29) is 0 Å². The Morgan fingerprint density at radius 3 is 2.57 bits per heavy atom. The fourth-order valence-electron chi connectivity index (χ4n) is 2.49. The summed E-state index contributed by atoms with van der Waals surface area (Å²) in [6.07, 6.45) is 1.91. The molecule has 1 heterocycles. The molecule has 0 aliphatic rings. The Morgan fingerprint density at radius 2 is 1.81 bits per heavy atom. The van der Waals surface area contributed by atoms with E-state index in [0.29, 0.717) is 0 Å². The lowest BCUT2D eigenvalue weighted by atomic mass is 10.0.